The van der Waals surface area contributed by atoms with E-state index in [9.17, 15) is 14.4 Å². The minimum atomic E-state index is -0.587. The number of amides is 1. The molecule has 0 fully saturated rings. The Morgan fingerprint density at radius 2 is 1.87 bits per heavy atom. The van der Waals surface area contributed by atoms with Crippen LogP contribution in [0.2, 0.25) is 0 Å². The summed E-state index contributed by atoms with van der Waals surface area (Å²) in [4.78, 5) is 39.1. The molecule has 0 aliphatic carbocycles. The van der Waals surface area contributed by atoms with Gasteiger partial charge < -0.3 is 19.5 Å². The monoisotopic (exact) mass is 408 g/mol. The van der Waals surface area contributed by atoms with Gasteiger partial charge in [0.05, 0.1) is 7.11 Å². The van der Waals surface area contributed by atoms with Crippen LogP contribution in [0.1, 0.15) is 31.4 Å². The third kappa shape index (κ3) is 4.91. The Morgan fingerprint density at radius 1 is 1.13 bits per heavy atom. The van der Waals surface area contributed by atoms with Gasteiger partial charge in [-0.25, -0.2) is 9.79 Å². The van der Waals surface area contributed by atoms with E-state index >= 15 is 0 Å². The van der Waals surface area contributed by atoms with Crippen molar-refractivity contribution in [1.82, 2.24) is 0 Å². The number of ether oxygens (including phenoxy) is 3. The summed E-state index contributed by atoms with van der Waals surface area (Å²) in [5, 5.41) is 2.66. The minimum Gasteiger partial charge on any atom is -0.493 e. The highest BCUT2D eigenvalue weighted by Crippen LogP contribution is 2.30. The maximum absolute atomic E-state index is 12.2. The molecule has 0 spiro atoms. The van der Waals surface area contributed by atoms with Crippen molar-refractivity contribution in [2.24, 2.45) is 4.99 Å². The highest BCUT2D eigenvalue weighted by atomic mass is 16.6. The Labute approximate surface area is 173 Å². The van der Waals surface area contributed by atoms with Gasteiger partial charge in [-0.1, -0.05) is 13.0 Å². The summed E-state index contributed by atoms with van der Waals surface area (Å²) < 4.78 is 15.7. The van der Waals surface area contributed by atoms with E-state index in [1.165, 1.54) is 14.0 Å². The van der Waals surface area contributed by atoms with Crippen LogP contribution in [0.25, 0.3) is 6.08 Å². The van der Waals surface area contributed by atoms with Crippen molar-refractivity contribution >= 4 is 35.5 Å². The summed E-state index contributed by atoms with van der Waals surface area (Å²) in [7, 11) is 1.46. The Balaban J connectivity index is 1.83. The number of carbonyl (C=O) groups excluding carboxylic acids is 3. The first-order valence-corrected chi connectivity index (χ1v) is 9.19. The molecule has 0 aromatic heterocycles. The van der Waals surface area contributed by atoms with Gasteiger partial charge in [-0.05, 0) is 48.0 Å². The van der Waals surface area contributed by atoms with E-state index in [0.29, 0.717) is 28.3 Å². The number of cyclic esters (lactones) is 1. The van der Waals surface area contributed by atoms with Crippen LogP contribution in [0, 0.1) is 0 Å². The molecule has 1 amide bonds. The molecule has 2 aromatic carbocycles. The second kappa shape index (κ2) is 9.04. The molecule has 2 aromatic rings. The third-order valence-corrected chi connectivity index (χ3v) is 4.08. The molecule has 30 heavy (non-hydrogen) atoms. The van der Waals surface area contributed by atoms with Gasteiger partial charge in [0.2, 0.25) is 11.8 Å². The fourth-order valence-corrected chi connectivity index (χ4v) is 2.64. The number of rotatable bonds is 6. The highest BCUT2D eigenvalue weighted by molar-refractivity contribution is 6.13. The van der Waals surface area contributed by atoms with Gasteiger partial charge in [-0.15, -0.1) is 0 Å². The van der Waals surface area contributed by atoms with Crippen molar-refractivity contribution < 1.29 is 28.6 Å². The first kappa shape index (κ1) is 20.8. The molecule has 8 heteroatoms. The highest BCUT2D eigenvalue weighted by Gasteiger charge is 2.24. The lowest BCUT2D eigenvalue weighted by Gasteiger charge is -2.09. The number of esters is 2. The lowest BCUT2D eigenvalue weighted by Crippen LogP contribution is -2.07. The van der Waals surface area contributed by atoms with Gasteiger partial charge in [-0.3, -0.25) is 9.59 Å². The number of methoxy groups -OCH3 is 1. The van der Waals surface area contributed by atoms with Gasteiger partial charge in [0.25, 0.3) is 0 Å². The molecule has 0 saturated carbocycles. The van der Waals surface area contributed by atoms with E-state index in [-0.39, 0.29) is 29.9 Å². The van der Waals surface area contributed by atoms with Crippen LogP contribution in [0.5, 0.6) is 11.5 Å². The van der Waals surface area contributed by atoms with Gasteiger partial charge in [0.1, 0.15) is 0 Å². The smallest absolute Gasteiger partial charge is 0.363 e. The zero-order chi connectivity index (χ0) is 21.7. The van der Waals surface area contributed by atoms with Crippen molar-refractivity contribution in [2.45, 2.75) is 20.3 Å². The Bertz CT molecular complexity index is 1050. The maximum atomic E-state index is 12.2. The van der Waals surface area contributed by atoms with Gasteiger partial charge in [0, 0.05) is 24.6 Å². The second-order valence-corrected chi connectivity index (χ2v) is 6.33. The molecule has 1 aliphatic rings. The summed E-state index contributed by atoms with van der Waals surface area (Å²) in [6, 6.07) is 11.7. The number of hydrogen-bond acceptors (Lipinski definition) is 7. The number of nitrogens with one attached hydrogen (secondary N) is 1. The first-order valence-electron chi connectivity index (χ1n) is 9.19. The maximum Gasteiger partial charge on any atom is 0.363 e. The van der Waals surface area contributed by atoms with E-state index in [1.54, 1.807) is 55.5 Å². The minimum absolute atomic E-state index is 0.122. The largest absolute Gasteiger partial charge is 0.493 e. The fraction of sp³-hybridized carbons (Fsp3) is 0.182. The van der Waals surface area contributed by atoms with Crippen LogP contribution in [-0.2, 0) is 19.1 Å². The fourth-order valence-electron chi connectivity index (χ4n) is 2.64. The number of aliphatic imine (C=N–C) groups is 1. The topological polar surface area (TPSA) is 103 Å². The molecule has 1 N–H and O–H groups in total. The van der Waals surface area contributed by atoms with E-state index in [4.69, 9.17) is 14.2 Å². The predicted molar refractivity (Wildman–Crippen MR) is 110 cm³/mol. The zero-order valence-corrected chi connectivity index (χ0v) is 16.7. The molecule has 0 atom stereocenters. The standard InChI is InChI=1S/C22H20N2O6/c1-4-20(26)29-18-10-5-14(12-19(18)28-3)11-17-22(27)30-21(24-17)15-6-8-16(9-7-15)23-13(2)25/h5-12H,4H2,1-3H3,(H,23,25)/b17-11-. The second-order valence-electron chi connectivity index (χ2n) is 6.33. The van der Waals surface area contributed by atoms with Crippen molar-refractivity contribution in [2.75, 3.05) is 12.4 Å². The van der Waals surface area contributed by atoms with Crippen LogP contribution in [0.4, 0.5) is 5.69 Å². The zero-order valence-electron chi connectivity index (χ0n) is 16.7. The summed E-state index contributed by atoms with van der Waals surface area (Å²) in [5.74, 6) is -0.322. The van der Waals surface area contributed by atoms with Crippen molar-refractivity contribution in [3.8, 4) is 11.5 Å². The summed E-state index contributed by atoms with van der Waals surface area (Å²) >= 11 is 0. The predicted octanol–water partition coefficient (Wildman–Crippen LogP) is 3.31. The van der Waals surface area contributed by atoms with Crippen molar-refractivity contribution in [3.05, 3.63) is 59.3 Å². The molecule has 1 heterocycles. The number of carbonyl (C=O) groups is 3. The van der Waals surface area contributed by atoms with Crippen molar-refractivity contribution in [3.63, 3.8) is 0 Å². The van der Waals surface area contributed by atoms with E-state index < -0.39 is 5.97 Å². The average molecular weight is 408 g/mol. The molecule has 1 aliphatic heterocycles. The Kier molecular flexibility index (Phi) is 6.26. The van der Waals surface area contributed by atoms with Gasteiger partial charge in [-0.2, -0.15) is 0 Å². The normalized spacial score (nSPS) is 14.2. The van der Waals surface area contributed by atoms with Crippen LogP contribution < -0.4 is 14.8 Å². The number of hydrogen-bond donors (Lipinski definition) is 1. The Morgan fingerprint density at radius 3 is 2.50 bits per heavy atom. The summed E-state index contributed by atoms with van der Waals surface area (Å²) in [6.45, 7) is 3.12. The number of benzene rings is 2. The number of nitrogens with zero attached hydrogens (tertiary/aromatic N) is 1. The van der Waals surface area contributed by atoms with E-state index in [1.807, 2.05) is 0 Å². The Hall–Kier alpha value is -3.94. The molecule has 0 unspecified atom stereocenters. The quantitative estimate of drug-likeness (QED) is 0.447. The average Bonchev–Trinajstić information content (AvgIpc) is 3.09. The first-order chi connectivity index (χ1) is 14.4. The molecule has 0 bridgehead atoms. The van der Waals surface area contributed by atoms with Crippen molar-refractivity contribution in [1.29, 1.82) is 0 Å². The molecule has 3 rings (SSSR count). The SMILES string of the molecule is CCC(=O)Oc1ccc(/C=C2\N=C(c3ccc(NC(C)=O)cc3)OC2=O)cc1OC. The van der Waals surface area contributed by atoms with E-state index in [2.05, 4.69) is 10.3 Å². The van der Waals surface area contributed by atoms with Crippen LogP contribution in [0.15, 0.2) is 53.2 Å². The molecule has 0 saturated heterocycles. The molecule has 154 valence electrons. The van der Waals surface area contributed by atoms with Crippen LogP contribution in [0.3, 0.4) is 0 Å². The van der Waals surface area contributed by atoms with Crippen LogP contribution in [-0.4, -0.2) is 30.9 Å². The number of anilines is 1. The molecule has 0 radical (unpaired) electrons. The summed E-state index contributed by atoms with van der Waals surface area (Å²) in [5.41, 5.74) is 1.97. The lowest BCUT2D eigenvalue weighted by molar-refractivity contribution is -0.134. The molecular weight excluding hydrogens is 388 g/mol. The van der Waals surface area contributed by atoms with E-state index in [0.717, 1.165) is 0 Å². The molecule has 8 nitrogen and oxygen atoms in total. The molecular formula is C22H20N2O6. The van der Waals surface area contributed by atoms with Gasteiger partial charge >= 0.3 is 11.9 Å². The lowest BCUT2D eigenvalue weighted by atomic mass is 10.1. The summed E-state index contributed by atoms with van der Waals surface area (Å²) in [6.07, 6.45) is 1.79. The third-order valence-electron chi connectivity index (χ3n) is 4.08. The van der Waals surface area contributed by atoms with Gasteiger partial charge in [0.15, 0.2) is 17.2 Å². The van der Waals surface area contributed by atoms with Crippen LogP contribution >= 0.6 is 0 Å².